The highest BCUT2D eigenvalue weighted by molar-refractivity contribution is 4.45. The van der Waals surface area contributed by atoms with Gasteiger partial charge in [0, 0.05) is 6.54 Å². The molecule has 0 unspecified atom stereocenters. The van der Waals surface area contributed by atoms with Crippen LogP contribution in [0.5, 0.6) is 0 Å². The number of hydroxylamine groups is 2. The molecule has 0 aliphatic carbocycles. The molecule has 8 heavy (non-hydrogen) atoms. The van der Waals surface area contributed by atoms with Gasteiger partial charge in [-0.15, -0.1) is 0 Å². The standard InChI is InChI=1S/C3H7N2O3/c1-8-5(7)3-2-4-6/h2-3H2,1H3/q-1. The maximum absolute atomic E-state index is 10.1. The van der Waals surface area contributed by atoms with Crippen molar-refractivity contribution >= 4 is 0 Å². The Bertz CT molecular complexity index is 67.5. The summed E-state index contributed by atoms with van der Waals surface area (Å²) in [5, 5.41) is 12.8. The summed E-state index contributed by atoms with van der Waals surface area (Å²) in [6.07, 6.45) is 0. The van der Waals surface area contributed by atoms with Crippen LogP contribution in [0.2, 0.25) is 0 Å². The molecule has 0 spiro atoms. The number of nitrogens with zero attached hydrogens (tertiary/aromatic N) is 2. The molecule has 0 rings (SSSR count). The lowest BCUT2D eigenvalue weighted by Crippen LogP contribution is -2.17. The van der Waals surface area contributed by atoms with Gasteiger partial charge in [-0.25, -0.2) is 0 Å². The van der Waals surface area contributed by atoms with E-state index in [0.29, 0.717) is 5.23 Å². The predicted molar refractivity (Wildman–Crippen MR) is 27.7 cm³/mol. The summed E-state index contributed by atoms with van der Waals surface area (Å²) in [6.45, 7) is -0.0304. The van der Waals surface area contributed by atoms with Crippen LogP contribution < -0.4 is 0 Å². The number of rotatable bonds is 4. The van der Waals surface area contributed by atoms with Gasteiger partial charge in [0.15, 0.2) is 0 Å². The summed E-state index contributed by atoms with van der Waals surface area (Å²) in [5.74, 6) is 0. The van der Waals surface area contributed by atoms with Crippen LogP contribution in [0.15, 0.2) is 5.18 Å². The van der Waals surface area contributed by atoms with Gasteiger partial charge in [0.2, 0.25) is 0 Å². The fraction of sp³-hybridized carbons (Fsp3) is 1.00. The first kappa shape index (κ1) is 7.48. The van der Waals surface area contributed by atoms with Gasteiger partial charge >= 0.3 is 0 Å². The fourth-order valence-corrected chi connectivity index (χ4v) is 0.214. The average Bonchev–Trinajstić information content (AvgIpc) is 1.83. The van der Waals surface area contributed by atoms with Crippen LogP contribution in [0.3, 0.4) is 0 Å². The molecule has 0 aliphatic rings. The maximum Gasteiger partial charge on any atom is 0.0950 e. The topological polar surface area (TPSA) is 65.0 Å². The molecule has 0 atom stereocenters. The van der Waals surface area contributed by atoms with Crippen molar-refractivity contribution in [3.63, 3.8) is 0 Å². The van der Waals surface area contributed by atoms with Gasteiger partial charge in [-0.2, -0.15) is 4.91 Å². The molecule has 0 N–H and O–H groups in total. The van der Waals surface area contributed by atoms with E-state index in [2.05, 4.69) is 10.0 Å². The van der Waals surface area contributed by atoms with Gasteiger partial charge < -0.3 is 10.0 Å². The second kappa shape index (κ2) is 4.63. The van der Waals surface area contributed by atoms with Crippen molar-refractivity contribution in [1.82, 2.24) is 5.23 Å². The molecular formula is C3H7N2O3-. The minimum absolute atomic E-state index is 0. The Morgan fingerprint density at radius 3 is 2.88 bits per heavy atom. The van der Waals surface area contributed by atoms with Crippen molar-refractivity contribution < 1.29 is 4.84 Å². The molecule has 0 aliphatic heterocycles. The Labute approximate surface area is 46.7 Å². The molecule has 48 valence electrons. The van der Waals surface area contributed by atoms with E-state index in [1.54, 1.807) is 0 Å². The summed E-state index contributed by atoms with van der Waals surface area (Å²) in [4.78, 5) is 13.5. The maximum atomic E-state index is 10.1. The lowest BCUT2D eigenvalue weighted by atomic mass is 10.7. The van der Waals surface area contributed by atoms with E-state index in [9.17, 15) is 10.1 Å². The van der Waals surface area contributed by atoms with Crippen LogP contribution in [-0.4, -0.2) is 25.4 Å². The normalized spacial score (nSPS) is 9.88. The highest BCUT2D eigenvalue weighted by Gasteiger charge is 1.84. The van der Waals surface area contributed by atoms with Crippen molar-refractivity contribution in [2.75, 3.05) is 20.2 Å². The van der Waals surface area contributed by atoms with Gasteiger partial charge in [0.05, 0.1) is 13.7 Å². The van der Waals surface area contributed by atoms with E-state index in [0.717, 1.165) is 0 Å². The molecule has 0 aromatic heterocycles. The summed E-state index contributed by atoms with van der Waals surface area (Å²) in [5.41, 5.74) is 0. The third-order valence-electron chi connectivity index (χ3n) is 0.577. The minimum Gasteiger partial charge on any atom is -0.762 e. The van der Waals surface area contributed by atoms with E-state index in [4.69, 9.17) is 0 Å². The van der Waals surface area contributed by atoms with E-state index >= 15 is 0 Å². The molecule has 0 amide bonds. The molecule has 0 saturated carbocycles. The molecule has 0 heterocycles. The number of hydrogen-bond acceptors (Lipinski definition) is 5. The van der Waals surface area contributed by atoms with Crippen molar-refractivity contribution in [2.45, 2.75) is 0 Å². The Balaban J connectivity index is 2.97. The summed E-state index contributed by atoms with van der Waals surface area (Å²) < 4.78 is 0. The van der Waals surface area contributed by atoms with Crippen LogP contribution in [0.25, 0.3) is 0 Å². The van der Waals surface area contributed by atoms with Crippen LogP contribution in [0, 0.1) is 10.1 Å². The molecule has 0 bridgehead atoms. The van der Waals surface area contributed by atoms with Crippen molar-refractivity contribution in [2.24, 2.45) is 5.18 Å². The van der Waals surface area contributed by atoms with Gasteiger partial charge in [-0.05, 0) is 0 Å². The Morgan fingerprint density at radius 1 is 1.88 bits per heavy atom. The lowest BCUT2D eigenvalue weighted by Gasteiger charge is -2.22. The monoisotopic (exact) mass is 119 g/mol. The van der Waals surface area contributed by atoms with Crippen LogP contribution in [-0.2, 0) is 4.84 Å². The van der Waals surface area contributed by atoms with Gasteiger partial charge in [0.25, 0.3) is 0 Å². The lowest BCUT2D eigenvalue weighted by molar-refractivity contribution is -0.0847. The second-order valence-corrected chi connectivity index (χ2v) is 1.09. The third kappa shape index (κ3) is 3.66. The summed E-state index contributed by atoms with van der Waals surface area (Å²) in [6, 6.07) is 0. The largest absolute Gasteiger partial charge is 0.762 e. The molecular weight excluding hydrogens is 112 g/mol. The zero-order valence-electron chi connectivity index (χ0n) is 4.53. The summed E-state index contributed by atoms with van der Waals surface area (Å²) in [7, 11) is 1.23. The fourth-order valence-electron chi connectivity index (χ4n) is 0.214. The first-order chi connectivity index (χ1) is 3.81. The molecule has 0 aromatic carbocycles. The van der Waals surface area contributed by atoms with E-state index in [1.807, 2.05) is 0 Å². The molecule has 5 nitrogen and oxygen atoms in total. The van der Waals surface area contributed by atoms with E-state index < -0.39 is 0 Å². The van der Waals surface area contributed by atoms with Gasteiger partial charge in [0.1, 0.15) is 0 Å². The first-order valence-corrected chi connectivity index (χ1v) is 2.09. The average molecular weight is 119 g/mol. The highest BCUT2D eigenvalue weighted by Crippen LogP contribution is 1.81. The zero-order chi connectivity index (χ0) is 6.41. The van der Waals surface area contributed by atoms with Crippen LogP contribution >= 0.6 is 0 Å². The smallest absolute Gasteiger partial charge is 0.0950 e. The molecule has 0 radical (unpaired) electrons. The third-order valence-corrected chi connectivity index (χ3v) is 0.577. The Morgan fingerprint density at radius 2 is 2.50 bits per heavy atom. The van der Waals surface area contributed by atoms with Crippen LogP contribution in [0.1, 0.15) is 0 Å². The first-order valence-electron chi connectivity index (χ1n) is 2.09. The van der Waals surface area contributed by atoms with Crippen molar-refractivity contribution in [1.29, 1.82) is 0 Å². The minimum atomic E-state index is -0.0304. The Kier molecular flexibility index (Phi) is 4.33. The molecule has 0 fully saturated rings. The highest BCUT2D eigenvalue weighted by atomic mass is 16.9. The molecule has 0 aromatic rings. The zero-order valence-corrected chi connectivity index (χ0v) is 4.53. The SMILES string of the molecule is CON([O-])CCN=O. The quantitative estimate of drug-likeness (QED) is 0.389. The van der Waals surface area contributed by atoms with Gasteiger partial charge in [-0.3, -0.25) is 5.23 Å². The summed E-state index contributed by atoms with van der Waals surface area (Å²) >= 11 is 0. The van der Waals surface area contributed by atoms with Crippen molar-refractivity contribution in [3.05, 3.63) is 10.1 Å². The van der Waals surface area contributed by atoms with E-state index in [1.165, 1.54) is 7.11 Å². The predicted octanol–water partition coefficient (Wildman–Crippen LogP) is 0.114. The molecule has 5 heteroatoms. The van der Waals surface area contributed by atoms with E-state index in [-0.39, 0.29) is 13.1 Å². The number of hydrogen-bond donors (Lipinski definition) is 0. The Hall–Kier alpha value is -0.520. The molecule has 0 saturated heterocycles. The van der Waals surface area contributed by atoms with Crippen molar-refractivity contribution in [3.8, 4) is 0 Å². The van der Waals surface area contributed by atoms with Gasteiger partial charge in [-0.1, -0.05) is 5.18 Å². The second-order valence-electron chi connectivity index (χ2n) is 1.09. The van der Waals surface area contributed by atoms with Crippen LogP contribution in [0.4, 0.5) is 0 Å². The number of nitroso groups, excluding NO2 is 1.